The smallest absolute Gasteiger partial charge is 0.256 e. The first kappa shape index (κ1) is 15.0. The van der Waals surface area contributed by atoms with Gasteiger partial charge in [0.2, 0.25) is 5.56 Å². The fourth-order valence-corrected chi connectivity index (χ4v) is 2.56. The molecule has 1 aromatic heterocycles. The van der Waals surface area contributed by atoms with Gasteiger partial charge in [-0.05, 0) is 19.1 Å². The highest BCUT2D eigenvalue weighted by Gasteiger charge is 2.14. The van der Waals surface area contributed by atoms with E-state index in [1.165, 1.54) is 6.07 Å². The van der Waals surface area contributed by atoms with Gasteiger partial charge in [-0.1, -0.05) is 36.4 Å². The molecule has 116 valence electrons. The van der Waals surface area contributed by atoms with Crippen LogP contribution in [0.5, 0.6) is 0 Å². The molecule has 0 fully saturated rings. The van der Waals surface area contributed by atoms with Crippen LogP contribution in [-0.2, 0) is 0 Å². The van der Waals surface area contributed by atoms with E-state index in [1.54, 1.807) is 55.5 Å². The zero-order chi connectivity index (χ0) is 16.4. The van der Waals surface area contributed by atoms with E-state index in [2.05, 4.69) is 10.3 Å². The molecule has 3 N–H and O–H groups in total. The zero-order valence-corrected chi connectivity index (χ0v) is 12.5. The first-order valence-corrected chi connectivity index (χ1v) is 7.26. The largest absolute Gasteiger partial charge is 0.389 e. The summed E-state index contributed by atoms with van der Waals surface area (Å²) in [4.78, 5) is 27.1. The van der Waals surface area contributed by atoms with Gasteiger partial charge in [-0.15, -0.1) is 0 Å². The van der Waals surface area contributed by atoms with Gasteiger partial charge in [-0.2, -0.15) is 0 Å². The van der Waals surface area contributed by atoms with Crippen LogP contribution in [0, 0.1) is 0 Å². The standard InChI is InChI=1S/C18H16N2O3/c1-11(21)12-6-2-4-8-15(12)20-18(23)14-10-17(22)19-16-9-5-3-7-13(14)16/h2-11,21H,1H3,(H,19,22)(H,20,23). The molecule has 0 aliphatic rings. The lowest BCUT2D eigenvalue weighted by atomic mass is 10.1. The van der Waals surface area contributed by atoms with Crippen LogP contribution >= 0.6 is 0 Å². The molecule has 3 aromatic rings. The summed E-state index contributed by atoms with van der Waals surface area (Å²) in [5.41, 5.74) is 1.71. The van der Waals surface area contributed by atoms with Crippen molar-refractivity contribution in [3.8, 4) is 0 Å². The molecule has 3 rings (SSSR count). The number of anilines is 1. The van der Waals surface area contributed by atoms with Gasteiger partial charge in [0.05, 0.1) is 11.7 Å². The van der Waals surface area contributed by atoms with E-state index in [1.807, 2.05) is 0 Å². The van der Waals surface area contributed by atoms with Crippen LogP contribution in [0.2, 0.25) is 0 Å². The molecule has 0 saturated carbocycles. The molecule has 0 aliphatic heterocycles. The molecular formula is C18H16N2O3. The molecule has 0 saturated heterocycles. The molecule has 5 nitrogen and oxygen atoms in total. The van der Waals surface area contributed by atoms with Crippen molar-refractivity contribution in [2.75, 3.05) is 5.32 Å². The number of pyridine rings is 1. The topological polar surface area (TPSA) is 82.2 Å². The number of aromatic amines is 1. The first-order valence-electron chi connectivity index (χ1n) is 7.26. The Kier molecular flexibility index (Phi) is 3.95. The molecule has 0 aliphatic carbocycles. The van der Waals surface area contributed by atoms with Crippen LogP contribution in [-0.4, -0.2) is 16.0 Å². The fourth-order valence-electron chi connectivity index (χ4n) is 2.56. The van der Waals surface area contributed by atoms with E-state index in [9.17, 15) is 14.7 Å². The molecule has 5 heteroatoms. The van der Waals surface area contributed by atoms with Gasteiger partial charge in [0.1, 0.15) is 0 Å². The predicted octanol–water partition coefficient (Wildman–Crippen LogP) is 2.83. The number of hydrogen-bond acceptors (Lipinski definition) is 3. The average molecular weight is 308 g/mol. The predicted molar refractivity (Wildman–Crippen MR) is 89.6 cm³/mol. The van der Waals surface area contributed by atoms with E-state index in [-0.39, 0.29) is 11.5 Å². The van der Waals surface area contributed by atoms with Crippen molar-refractivity contribution in [1.82, 2.24) is 4.98 Å². The Bertz CT molecular complexity index is 929. The Morgan fingerprint density at radius 3 is 2.61 bits per heavy atom. The fraction of sp³-hybridized carbons (Fsp3) is 0.111. The van der Waals surface area contributed by atoms with Gasteiger partial charge in [0.15, 0.2) is 0 Å². The minimum absolute atomic E-state index is 0.296. The molecular weight excluding hydrogens is 292 g/mol. The number of H-pyrrole nitrogens is 1. The number of carbonyl (C=O) groups excluding carboxylic acids is 1. The lowest BCUT2D eigenvalue weighted by Crippen LogP contribution is -2.18. The summed E-state index contributed by atoms with van der Waals surface area (Å²) in [6.45, 7) is 1.63. The van der Waals surface area contributed by atoms with Crippen molar-refractivity contribution in [2.24, 2.45) is 0 Å². The summed E-state index contributed by atoms with van der Waals surface area (Å²) in [5.74, 6) is -0.389. The Hall–Kier alpha value is -2.92. The van der Waals surface area contributed by atoms with Gasteiger partial charge < -0.3 is 15.4 Å². The monoisotopic (exact) mass is 308 g/mol. The Labute approximate surface area is 132 Å². The van der Waals surface area contributed by atoms with Crippen molar-refractivity contribution >= 4 is 22.5 Å². The van der Waals surface area contributed by atoms with E-state index >= 15 is 0 Å². The van der Waals surface area contributed by atoms with Crippen molar-refractivity contribution < 1.29 is 9.90 Å². The van der Waals surface area contributed by atoms with Crippen LogP contribution in [0.15, 0.2) is 59.4 Å². The summed E-state index contributed by atoms with van der Waals surface area (Å²) in [6, 6.07) is 15.4. The van der Waals surface area contributed by atoms with Crippen molar-refractivity contribution in [3.05, 3.63) is 76.1 Å². The zero-order valence-electron chi connectivity index (χ0n) is 12.5. The number of para-hydroxylation sites is 2. The van der Waals surface area contributed by atoms with Crippen molar-refractivity contribution in [3.63, 3.8) is 0 Å². The second kappa shape index (κ2) is 6.06. The van der Waals surface area contributed by atoms with Crippen LogP contribution in [0.1, 0.15) is 28.9 Å². The van der Waals surface area contributed by atoms with Crippen LogP contribution in [0.4, 0.5) is 5.69 Å². The van der Waals surface area contributed by atoms with Gasteiger partial charge >= 0.3 is 0 Å². The number of nitrogens with one attached hydrogen (secondary N) is 2. The summed E-state index contributed by atoms with van der Waals surface area (Å²) in [7, 11) is 0. The van der Waals surface area contributed by atoms with Crippen LogP contribution in [0.25, 0.3) is 10.9 Å². The molecule has 0 spiro atoms. The SMILES string of the molecule is CC(O)c1ccccc1NC(=O)c1cc(=O)[nH]c2ccccc12. The molecule has 1 heterocycles. The third-order valence-corrected chi connectivity index (χ3v) is 3.65. The highest BCUT2D eigenvalue weighted by Crippen LogP contribution is 2.23. The number of hydrogen-bond donors (Lipinski definition) is 3. The minimum Gasteiger partial charge on any atom is -0.389 e. The van der Waals surface area contributed by atoms with Gasteiger partial charge in [0.25, 0.3) is 5.91 Å². The number of aliphatic hydroxyl groups is 1. The van der Waals surface area contributed by atoms with Crippen molar-refractivity contribution in [1.29, 1.82) is 0 Å². The maximum atomic E-state index is 12.6. The second-order valence-electron chi connectivity index (χ2n) is 5.31. The van der Waals surface area contributed by atoms with Crippen LogP contribution < -0.4 is 10.9 Å². The summed E-state index contributed by atoms with van der Waals surface area (Å²) < 4.78 is 0. The number of carbonyl (C=O) groups is 1. The average Bonchev–Trinajstić information content (AvgIpc) is 2.54. The molecule has 0 bridgehead atoms. The third kappa shape index (κ3) is 3.00. The number of fused-ring (bicyclic) bond motifs is 1. The minimum atomic E-state index is -0.706. The normalized spacial score (nSPS) is 12.1. The molecule has 1 unspecified atom stereocenters. The third-order valence-electron chi connectivity index (χ3n) is 3.65. The summed E-state index contributed by atoms with van der Waals surface area (Å²) in [5, 5.41) is 13.2. The molecule has 1 atom stereocenters. The molecule has 2 aromatic carbocycles. The Morgan fingerprint density at radius 1 is 1.13 bits per heavy atom. The number of benzene rings is 2. The van der Waals surface area contributed by atoms with Crippen molar-refractivity contribution in [2.45, 2.75) is 13.0 Å². The van der Waals surface area contributed by atoms with E-state index < -0.39 is 6.10 Å². The number of rotatable bonds is 3. The van der Waals surface area contributed by atoms with Crippen LogP contribution in [0.3, 0.4) is 0 Å². The second-order valence-corrected chi connectivity index (χ2v) is 5.31. The Balaban J connectivity index is 2.04. The quantitative estimate of drug-likeness (QED) is 0.696. The first-order chi connectivity index (χ1) is 11.1. The molecule has 23 heavy (non-hydrogen) atoms. The lowest BCUT2D eigenvalue weighted by Gasteiger charge is -2.13. The Morgan fingerprint density at radius 2 is 1.83 bits per heavy atom. The number of amides is 1. The summed E-state index contributed by atoms with van der Waals surface area (Å²) >= 11 is 0. The maximum absolute atomic E-state index is 12.6. The van der Waals surface area contributed by atoms with Gasteiger partial charge in [0, 0.05) is 28.2 Å². The molecule has 0 radical (unpaired) electrons. The van der Waals surface area contributed by atoms with E-state index in [4.69, 9.17) is 0 Å². The highest BCUT2D eigenvalue weighted by molar-refractivity contribution is 6.12. The van der Waals surface area contributed by atoms with Gasteiger partial charge in [-0.3, -0.25) is 9.59 Å². The number of aliphatic hydroxyl groups excluding tert-OH is 1. The molecule has 1 amide bonds. The maximum Gasteiger partial charge on any atom is 0.256 e. The van der Waals surface area contributed by atoms with E-state index in [0.29, 0.717) is 27.7 Å². The lowest BCUT2D eigenvalue weighted by molar-refractivity contribution is 0.102. The highest BCUT2D eigenvalue weighted by atomic mass is 16.3. The number of aromatic nitrogens is 1. The van der Waals surface area contributed by atoms with E-state index in [0.717, 1.165) is 0 Å². The van der Waals surface area contributed by atoms with Gasteiger partial charge in [-0.25, -0.2) is 0 Å². The summed E-state index contributed by atoms with van der Waals surface area (Å²) in [6.07, 6.45) is -0.706.